The van der Waals surface area contributed by atoms with Crippen LogP contribution in [0.1, 0.15) is 28.2 Å². The van der Waals surface area contributed by atoms with Crippen LogP contribution in [0.3, 0.4) is 0 Å². The summed E-state index contributed by atoms with van der Waals surface area (Å²) in [6.45, 7) is 4.83. The van der Waals surface area contributed by atoms with Crippen molar-refractivity contribution in [1.82, 2.24) is 14.4 Å². The van der Waals surface area contributed by atoms with E-state index in [1.807, 2.05) is 0 Å². The molecular weight excluding hydrogens is 370 g/mol. The number of sulfonamides is 1. The molecule has 27 heavy (non-hydrogen) atoms. The fourth-order valence-corrected chi connectivity index (χ4v) is 4.82. The first kappa shape index (κ1) is 19.4. The van der Waals surface area contributed by atoms with Gasteiger partial charge in [0, 0.05) is 32.2 Å². The second kappa shape index (κ2) is 7.69. The molecule has 9 heteroatoms. The van der Waals surface area contributed by atoms with E-state index in [4.69, 9.17) is 9.26 Å². The Balaban J connectivity index is 1.76. The summed E-state index contributed by atoms with van der Waals surface area (Å²) >= 11 is 0. The lowest BCUT2D eigenvalue weighted by molar-refractivity contribution is 0.0754. The molecular formula is C18H23N3O5S. The van der Waals surface area contributed by atoms with Crippen molar-refractivity contribution >= 4 is 15.9 Å². The molecule has 1 aromatic carbocycles. The molecule has 3 rings (SSSR count). The van der Waals surface area contributed by atoms with Crippen LogP contribution in [0.4, 0.5) is 0 Å². The van der Waals surface area contributed by atoms with Crippen molar-refractivity contribution in [1.29, 1.82) is 0 Å². The van der Waals surface area contributed by atoms with Crippen LogP contribution in [0, 0.1) is 13.8 Å². The van der Waals surface area contributed by atoms with Gasteiger partial charge in [-0.05, 0) is 44.0 Å². The zero-order valence-corrected chi connectivity index (χ0v) is 16.5. The van der Waals surface area contributed by atoms with Crippen molar-refractivity contribution in [3.8, 4) is 5.75 Å². The standard InChI is InChI=1S/C18H23N3O5S/c1-13-11-15(25-3)5-6-17(13)27(23,24)21-8-4-7-20(9-10-21)18(22)16-12-14(2)26-19-16/h5-6,11-12H,4,7-10H2,1-3H3. The fraction of sp³-hybridized carbons (Fsp3) is 0.444. The zero-order chi connectivity index (χ0) is 19.6. The van der Waals surface area contributed by atoms with Gasteiger partial charge < -0.3 is 14.2 Å². The van der Waals surface area contributed by atoms with Crippen LogP contribution in [0.15, 0.2) is 33.7 Å². The van der Waals surface area contributed by atoms with Crippen molar-refractivity contribution < 1.29 is 22.5 Å². The number of rotatable bonds is 4. The molecule has 1 saturated heterocycles. The highest BCUT2D eigenvalue weighted by molar-refractivity contribution is 7.89. The number of carbonyl (C=O) groups excluding carboxylic acids is 1. The molecule has 1 aliphatic rings. The number of aryl methyl sites for hydroxylation is 2. The molecule has 146 valence electrons. The minimum Gasteiger partial charge on any atom is -0.497 e. The van der Waals surface area contributed by atoms with Gasteiger partial charge in [-0.25, -0.2) is 8.42 Å². The van der Waals surface area contributed by atoms with Gasteiger partial charge in [0.1, 0.15) is 11.5 Å². The third kappa shape index (κ3) is 3.98. The van der Waals surface area contributed by atoms with Gasteiger partial charge in [-0.3, -0.25) is 4.79 Å². The van der Waals surface area contributed by atoms with E-state index in [0.717, 1.165) is 0 Å². The molecule has 1 amide bonds. The summed E-state index contributed by atoms with van der Waals surface area (Å²) in [5.41, 5.74) is 0.874. The Morgan fingerprint density at radius 3 is 2.56 bits per heavy atom. The number of ether oxygens (including phenoxy) is 1. The largest absolute Gasteiger partial charge is 0.497 e. The van der Waals surface area contributed by atoms with Crippen molar-refractivity contribution in [2.24, 2.45) is 0 Å². The molecule has 0 atom stereocenters. The number of amides is 1. The number of aromatic nitrogens is 1. The molecule has 0 radical (unpaired) electrons. The molecule has 0 spiro atoms. The van der Waals surface area contributed by atoms with Crippen LogP contribution in [0.5, 0.6) is 5.75 Å². The fourth-order valence-electron chi connectivity index (χ4n) is 3.14. The van der Waals surface area contributed by atoms with E-state index in [1.165, 1.54) is 4.31 Å². The lowest BCUT2D eigenvalue weighted by atomic mass is 10.2. The summed E-state index contributed by atoms with van der Waals surface area (Å²) in [5.74, 6) is 0.932. The van der Waals surface area contributed by atoms with Gasteiger partial charge in [-0.2, -0.15) is 4.31 Å². The summed E-state index contributed by atoms with van der Waals surface area (Å²) in [6.07, 6.45) is 0.553. The van der Waals surface area contributed by atoms with Crippen LogP contribution in [0.2, 0.25) is 0 Å². The number of hydrogen-bond donors (Lipinski definition) is 0. The Morgan fingerprint density at radius 2 is 1.93 bits per heavy atom. The smallest absolute Gasteiger partial charge is 0.276 e. The van der Waals surface area contributed by atoms with Gasteiger partial charge in [0.25, 0.3) is 5.91 Å². The van der Waals surface area contributed by atoms with Crippen molar-refractivity contribution in [2.45, 2.75) is 25.2 Å². The molecule has 2 aromatic rings. The molecule has 2 heterocycles. The molecule has 1 fully saturated rings. The van der Waals surface area contributed by atoms with Gasteiger partial charge in [0.15, 0.2) is 5.69 Å². The predicted octanol–water partition coefficient (Wildman–Crippen LogP) is 1.84. The van der Waals surface area contributed by atoms with Crippen molar-refractivity contribution in [2.75, 3.05) is 33.3 Å². The lowest BCUT2D eigenvalue weighted by Gasteiger charge is -2.22. The third-order valence-electron chi connectivity index (χ3n) is 4.59. The second-order valence-electron chi connectivity index (χ2n) is 6.50. The summed E-state index contributed by atoms with van der Waals surface area (Å²) in [7, 11) is -2.10. The number of methoxy groups -OCH3 is 1. The van der Waals surface area contributed by atoms with E-state index in [9.17, 15) is 13.2 Å². The Bertz CT molecular complexity index is 938. The number of carbonyl (C=O) groups is 1. The topological polar surface area (TPSA) is 93.0 Å². The highest BCUT2D eigenvalue weighted by Crippen LogP contribution is 2.25. The zero-order valence-electron chi connectivity index (χ0n) is 15.6. The molecule has 0 aliphatic carbocycles. The van der Waals surface area contributed by atoms with E-state index >= 15 is 0 Å². The highest BCUT2D eigenvalue weighted by atomic mass is 32.2. The quantitative estimate of drug-likeness (QED) is 0.787. The van der Waals surface area contributed by atoms with Crippen LogP contribution >= 0.6 is 0 Å². The van der Waals surface area contributed by atoms with E-state index < -0.39 is 10.0 Å². The third-order valence-corrected chi connectivity index (χ3v) is 6.65. The summed E-state index contributed by atoms with van der Waals surface area (Å²) < 4.78 is 37.7. The molecule has 0 unspecified atom stereocenters. The maximum atomic E-state index is 13.1. The second-order valence-corrected chi connectivity index (χ2v) is 8.41. The van der Waals surface area contributed by atoms with E-state index in [-0.39, 0.29) is 23.0 Å². The first-order valence-electron chi connectivity index (χ1n) is 8.70. The normalized spacial score (nSPS) is 16.2. The molecule has 1 aliphatic heterocycles. The molecule has 0 N–H and O–H groups in total. The molecule has 0 bridgehead atoms. The van der Waals surface area contributed by atoms with Crippen LogP contribution in [0.25, 0.3) is 0 Å². The minimum atomic E-state index is -3.64. The maximum absolute atomic E-state index is 13.1. The average Bonchev–Trinajstić information content (AvgIpc) is 2.92. The van der Waals surface area contributed by atoms with Gasteiger partial charge in [0.2, 0.25) is 10.0 Å². The first-order chi connectivity index (χ1) is 12.8. The van der Waals surface area contributed by atoms with Crippen molar-refractivity contribution in [3.05, 3.63) is 41.3 Å². The number of hydrogen-bond acceptors (Lipinski definition) is 6. The van der Waals surface area contributed by atoms with E-state index in [0.29, 0.717) is 43.1 Å². The number of benzene rings is 1. The average molecular weight is 393 g/mol. The monoisotopic (exact) mass is 393 g/mol. The summed E-state index contributed by atoms with van der Waals surface area (Å²) in [5, 5.41) is 3.75. The molecule has 8 nitrogen and oxygen atoms in total. The Hall–Kier alpha value is -2.39. The lowest BCUT2D eigenvalue weighted by Crippen LogP contribution is -2.37. The van der Waals surface area contributed by atoms with Gasteiger partial charge >= 0.3 is 0 Å². The molecule has 1 aromatic heterocycles. The van der Waals surface area contributed by atoms with Crippen LogP contribution in [-0.2, 0) is 10.0 Å². The Kier molecular flexibility index (Phi) is 5.52. The van der Waals surface area contributed by atoms with E-state index in [2.05, 4.69) is 5.16 Å². The van der Waals surface area contributed by atoms with Gasteiger partial charge in [-0.15, -0.1) is 0 Å². The number of nitrogens with zero attached hydrogens (tertiary/aromatic N) is 3. The SMILES string of the molecule is COc1ccc(S(=O)(=O)N2CCCN(C(=O)c3cc(C)on3)CC2)c(C)c1. The van der Waals surface area contributed by atoms with Gasteiger partial charge in [0.05, 0.1) is 12.0 Å². The van der Waals surface area contributed by atoms with Crippen LogP contribution < -0.4 is 4.74 Å². The first-order valence-corrected chi connectivity index (χ1v) is 10.1. The predicted molar refractivity (Wildman–Crippen MR) is 98.3 cm³/mol. The Morgan fingerprint density at radius 1 is 1.15 bits per heavy atom. The van der Waals surface area contributed by atoms with Crippen molar-refractivity contribution in [3.63, 3.8) is 0 Å². The van der Waals surface area contributed by atoms with Crippen LogP contribution in [-0.4, -0.2) is 62.0 Å². The summed E-state index contributed by atoms with van der Waals surface area (Å²) in [6, 6.07) is 6.49. The van der Waals surface area contributed by atoms with Gasteiger partial charge in [-0.1, -0.05) is 5.16 Å². The maximum Gasteiger partial charge on any atom is 0.276 e. The van der Waals surface area contributed by atoms with E-state index in [1.54, 1.807) is 50.1 Å². The highest BCUT2D eigenvalue weighted by Gasteiger charge is 2.30. The summed E-state index contributed by atoms with van der Waals surface area (Å²) in [4.78, 5) is 14.4. The minimum absolute atomic E-state index is 0.233. The Labute approximate surface area is 158 Å². The molecule has 0 saturated carbocycles.